The molecule has 8 nitrogen and oxygen atoms in total. The first-order valence-corrected chi connectivity index (χ1v) is 14.3. The number of aliphatic carboxylic acids is 1. The predicted molar refractivity (Wildman–Crippen MR) is 153 cm³/mol. The molecule has 39 heavy (non-hydrogen) atoms. The summed E-state index contributed by atoms with van der Waals surface area (Å²) in [6.07, 6.45) is 6.21. The average Bonchev–Trinajstić information content (AvgIpc) is 3.42. The molecule has 0 spiro atoms. The second-order valence-electron chi connectivity index (χ2n) is 10.7. The van der Waals surface area contributed by atoms with Crippen LogP contribution in [0.25, 0.3) is 11.3 Å². The Morgan fingerprint density at radius 3 is 2.62 bits per heavy atom. The van der Waals surface area contributed by atoms with Crippen molar-refractivity contribution in [2.24, 2.45) is 0 Å². The Bertz CT molecular complexity index is 1240. The average molecular weight is 555 g/mol. The Labute approximate surface area is 234 Å². The SMILES string of the molecule is COc1cc2c(cc1OCCCCCCNC(=O)OC(C)(C)C)CCN1CC(C(=O)O)=C(c3cccs3)C=C21. The van der Waals surface area contributed by atoms with E-state index in [2.05, 4.69) is 16.3 Å². The van der Waals surface area contributed by atoms with Crippen LogP contribution in [0.2, 0.25) is 0 Å². The van der Waals surface area contributed by atoms with E-state index in [0.29, 0.717) is 31.0 Å². The third-order valence-corrected chi connectivity index (χ3v) is 7.56. The molecule has 0 unspecified atom stereocenters. The minimum atomic E-state index is -0.875. The molecule has 0 radical (unpaired) electrons. The Hall–Kier alpha value is -3.46. The van der Waals surface area contributed by atoms with E-state index in [0.717, 1.165) is 66.1 Å². The number of carbonyl (C=O) groups is 2. The number of nitrogens with one attached hydrogen (secondary N) is 1. The van der Waals surface area contributed by atoms with Gasteiger partial charge in [-0.2, -0.15) is 0 Å². The van der Waals surface area contributed by atoms with Crippen LogP contribution < -0.4 is 14.8 Å². The molecule has 0 atom stereocenters. The first kappa shape index (κ1) is 28.5. The maximum Gasteiger partial charge on any atom is 0.407 e. The van der Waals surface area contributed by atoms with Crippen LogP contribution in [0.3, 0.4) is 0 Å². The van der Waals surface area contributed by atoms with Crippen LogP contribution in [0.15, 0.2) is 41.3 Å². The zero-order chi connectivity index (χ0) is 28.0. The zero-order valence-corrected chi connectivity index (χ0v) is 24.0. The smallest absolute Gasteiger partial charge is 0.407 e. The van der Waals surface area contributed by atoms with Crippen LogP contribution in [0.5, 0.6) is 11.5 Å². The van der Waals surface area contributed by atoms with Gasteiger partial charge < -0.3 is 29.5 Å². The molecule has 0 saturated heterocycles. The van der Waals surface area contributed by atoms with Gasteiger partial charge in [-0.15, -0.1) is 11.3 Å². The number of rotatable bonds is 11. The molecule has 2 aliphatic rings. The van der Waals surface area contributed by atoms with Gasteiger partial charge in [0.2, 0.25) is 0 Å². The highest BCUT2D eigenvalue weighted by Crippen LogP contribution is 2.42. The monoisotopic (exact) mass is 554 g/mol. The third-order valence-electron chi connectivity index (χ3n) is 6.65. The van der Waals surface area contributed by atoms with Crippen molar-refractivity contribution in [2.75, 3.05) is 33.4 Å². The maximum absolute atomic E-state index is 12.0. The molecule has 0 aliphatic carbocycles. The number of fused-ring (bicyclic) bond motifs is 3. The van der Waals surface area contributed by atoms with Gasteiger partial charge in [0.15, 0.2) is 11.5 Å². The summed E-state index contributed by atoms with van der Waals surface area (Å²) in [5, 5.41) is 14.6. The van der Waals surface area contributed by atoms with E-state index in [1.165, 1.54) is 5.56 Å². The number of carbonyl (C=O) groups excluding carboxylic acids is 1. The molecule has 2 N–H and O–H groups in total. The van der Waals surface area contributed by atoms with Gasteiger partial charge in [-0.3, -0.25) is 0 Å². The molecule has 1 aromatic heterocycles. The summed E-state index contributed by atoms with van der Waals surface area (Å²) in [5.41, 5.74) is 3.97. The number of thiophene rings is 1. The highest BCUT2D eigenvalue weighted by molar-refractivity contribution is 7.11. The lowest BCUT2D eigenvalue weighted by molar-refractivity contribution is -0.132. The first-order chi connectivity index (χ1) is 18.7. The number of nitrogens with zero attached hydrogens (tertiary/aromatic N) is 1. The van der Waals surface area contributed by atoms with Gasteiger partial charge in [0, 0.05) is 34.8 Å². The highest BCUT2D eigenvalue weighted by Gasteiger charge is 2.31. The number of benzene rings is 1. The molecule has 2 aliphatic heterocycles. The van der Waals surface area contributed by atoms with Crippen LogP contribution in [0, 0.1) is 0 Å². The first-order valence-electron chi connectivity index (χ1n) is 13.4. The normalized spacial score (nSPS) is 14.8. The molecule has 3 heterocycles. The van der Waals surface area contributed by atoms with Gasteiger partial charge >= 0.3 is 12.1 Å². The van der Waals surface area contributed by atoms with Crippen LogP contribution >= 0.6 is 11.3 Å². The summed E-state index contributed by atoms with van der Waals surface area (Å²) in [6.45, 7) is 7.85. The highest BCUT2D eigenvalue weighted by atomic mass is 32.1. The van der Waals surface area contributed by atoms with Crippen molar-refractivity contribution in [1.29, 1.82) is 0 Å². The molecule has 1 amide bonds. The number of amides is 1. The number of ether oxygens (including phenoxy) is 3. The van der Waals surface area contributed by atoms with Gasteiger partial charge in [0.1, 0.15) is 5.60 Å². The summed E-state index contributed by atoms with van der Waals surface area (Å²) in [4.78, 5) is 26.8. The molecule has 0 bridgehead atoms. The number of allylic oxidation sites excluding steroid dienone is 2. The number of hydrogen-bond donors (Lipinski definition) is 2. The molecule has 1 aromatic carbocycles. The predicted octanol–water partition coefficient (Wildman–Crippen LogP) is 5.97. The number of carboxylic acid groups (broad SMARTS) is 1. The fourth-order valence-corrected chi connectivity index (χ4v) is 5.57. The van der Waals surface area contributed by atoms with E-state index in [1.54, 1.807) is 18.4 Å². The largest absolute Gasteiger partial charge is 0.493 e. The molecule has 2 aromatic rings. The van der Waals surface area contributed by atoms with E-state index in [4.69, 9.17) is 14.2 Å². The summed E-state index contributed by atoms with van der Waals surface area (Å²) in [7, 11) is 1.64. The molecule has 210 valence electrons. The van der Waals surface area contributed by atoms with E-state index < -0.39 is 11.6 Å². The van der Waals surface area contributed by atoms with E-state index >= 15 is 0 Å². The summed E-state index contributed by atoms with van der Waals surface area (Å²) >= 11 is 1.55. The Balaban J connectivity index is 1.36. The lowest BCUT2D eigenvalue weighted by atomic mass is 9.90. The lowest BCUT2D eigenvalue weighted by Crippen LogP contribution is -2.35. The minimum absolute atomic E-state index is 0.376. The van der Waals surface area contributed by atoms with Gasteiger partial charge in [-0.1, -0.05) is 18.9 Å². The number of alkyl carbamates (subject to hydrolysis) is 1. The van der Waals surface area contributed by atoms with Crippen molar-refractivity contribution in [2.45, 2.75) is 58.5 Å². The third kappa shape index (κ3) is 7.35. The van der Waals surface area contributed by atoms with Gasteiger partial charge in [0.05, 0.1) is 25.8 Å². The van der Waals surface area contributed by atoms with Crippen LogP contribution in [-0.2, 0) is 16.0 Å². The van der Waals surface area contributed by atoms with Crippen molar-refractivity contribution in [3.63, 3.8) is 0 Å². The fraction of sp³-hybridized carbons (Fsp3) is 0.467. The summed E-state index contributed by atoms with van der Waals surface area (Å²) in [5.74, 6) is 0.525. The molecular formula is C30H38N2O6S. The molecule has 0 fully saturated rings. The lowest BCUT2D eigenvalue weighted by Gasteiger charge is -2.37. The number of carboxylic acids is 1. The van der Waals surface area contributed by atoms with Gasteiger partial charge in [0.25, 0.3) is 0 Å². The molecular weight excluding hydrogens is 516 g/mol. The van der Waals surface area contributed by atoms with E-state index in [1.807, 2.05) is 50.4 Å². The van der Waals surface area contributed by atoms with Gasteiger partial charge in [-0.25, -0.2) is 9.59 Å². The van der Waals surface area contributed by atoms with Crippen LogP contribution in [0.4, 0.5) is 4.79 Å². The number of hydrogen-bond acceptors (Lipinski definition) is 7. The Morgan fingerprint density at radius 1 is 1.13 bits per heavy atom. The van der Waals surface area contributed by atoms with Crippen molar-refractivity contribution < 1.29 is 28.9 Å². The minimum Gasteiger partial charge on any atom is -0.493 e. The summed E-state index contributed by atoms with van der Waals surface area (Å²) in [6, 6.07) is 8.00. The maximum atomic E-state index is 12.0. The van der Waals surface area contributed by atoms with Crippen molar-refractivity contribution >= 4 is 34.7 Å². The topological polar surface area (TPSA) is 97.3 Å². The number of methoxy groups -OCH3 is 1. The van der Waals surface area contributed by atoms with Crippen molar-refractivity contribution in [3.8, 4) is 11.5 Å². The van der Waals surface area contributed by atoms with Crippen LogP contribution in [-0.4, -0.2) is 61.0 Å². The Morgan fingerprint density at radius 2 is 1.92 bits per heavy atom. The molecule has 9 heteroatoms. The summed E-state index contributed by atoms with van der Waals surface area (Å²) < 4.78 is 17.1. The van der Waals surface area contributed by atoms with E-state index in [-0.39, 0.29) is 6.09 Å². The standard InChI is InChI=1S/C30H38N2O6S/c1-30(2,3)38-29(35)31-12-7-5-6-8-14-37-26-16-20-11-13-32-19-23(28(33)34)22(27-10-9-15-39-27)17-24(32)21(20)18-25(26)36-4/h9-10,15-18H,5-8,11-14,19H2,1-4H3,(H,31,35)(H,33,34). The quantitative estimate of drug-likeness (QED) is 0.330. The van der Waals surface area contributed by atoms with Crippen LogP contribution in [0.1, 0.15) is 62.5 Å². The zero-order valence-electron chi connectivity index (χ0n) is 23.2. The van der Waals surface area contributed by atoms with E-state index in [9.17, 15) is 14.7 Å². The van der Waals surface area contributed by atoms with Crippen molar-refractivity contribution in [3.05, 3.63) is 57.3 Å². The second kappa shape index (κ2) is 12.6. The molecule has 4 rings (SSSR count). The molecule has 0 saturated carbocycles. The second-order valence-corrected chi connectivity index (χ2v) is 11.7. The Kier molecular flexibility index (Phi) is 9.22. The fourth-order valence-electron chi connectivity index (χ4n) is 4.80. The number of unbranched alkanes of at least 4 members (excludes halogenated alkanes) is 3. The van der Waals surface area contributed by atoms with Gasteiger partial charge in [-0.05, 0) is 75.3 Å². The van der Waals surface area contributed by atoms with Crippen molar-refractivity contribution in [1.82, 2.24) is 10.2 Å².